The first kappa shape index (κ1) is 21.2. The number of nitriles is 1. The second kappa shape index (κ2) is 7.70. The van der Waals surface area contributed by atoms with E-state index in [4.69, 9.17) is 27.9 Å². The number of hydrogen-bond acceptors (Lipinski definition) is 3. The first-order valence-corrected chi connectivity index (χ1v) is 9.60. The number of aliphatic carboxylic acids is 1. The maximum atomic E-state index is 14.3. The first-order valence-electron chi connectivity index (χ1n) is 8.84. The number of halogens is 3. The van der Waals surface area contributed by atoms with Crippen molar-refractivity contribution in [3.8, 4) is 17.6 Å². The maximum absolute atomic E-state index is 14.3. The number of para-hydroxylation sites is 1. The van der Waals surface area contributed by atoms with E-state index in [1.54, 1.807) is 44.2 Å². The number of hydrogen-bond donors (Lipinski definition) is 1. The Kier molecular flexibility index (Phi) is 5.62. The highest BCUT2D eigenvalue weighted by Crippen LogP contribution is 2.75. The van der Waals surface area contributed by atoms with Crippen molar-refractivity contribution in [2.24, 2.45) is 16.7 Å². The molecule has 0 aromatic heterocycles. The van der Waals surface area contributed by atoms with Gasteiger partial charge in [-0.1, -0.05) is 61.3 Å². The van der Waals surface area contributed by atoms with E-state index in [1.165, 1.54) is 24.3 Å². The zero-order valence-electron chi connectivity index (χ0n) is 15.7. The molecule has 2 aromatic rings. The molecule has 150 valence electrons. The molecule has 2 aromatic carbocycles. The number of benzene rings is 2. The number of carboxylic acid groups (broad SMARTS) is 1. The zero-order chi connectivity index (χ0) is 21.4. The molecule has 0 aliphatic heterocycles. The largest absolute Gasteiger partial charge is 0.481 e. The van der Waals surface area contributed by atoms with Crippen molar-refractivity contribution >= 4 is 29.2 Å². The fourth-order valence-corrected chi connectivity index (χ4v) is 4.47. The van der Waals surface area contributed by atoms with Gasteiger partial charge in [-0.2, -0.15) is 5.26 Å². The summed E-state index contributed by atoms with van der Waals surface area (Å²) in [6.45, 7) is 3.49. The molecular formula is C22H18Cl2FNO3. The van der Waals surface area contributed by atoms with E-state index in [-0.39, 0.29) is 10.2 Å². The van der Waals surface area contributed by atoms with E-state index in [9.17, 15) is 19.6 Å². The summed E-state index contributed by atoms with van der Waals surface area (Å²) >= 11 is 11.6. The van der Waals surface area contributed by atoms with E-state index in [2.05, 4.69) is 6.07 Å². The van der Waals surface area contributed by atoms with Gasteiger partial charge in [0.25, 0.3) is 0 Å². The van der Waals surface area contributed by atoms with Gasteiger partial charge in [0.1, 0.15) is 15.7 Å². The normalized spacial score (nSPS) is 22.8. The number of rotatable bonds is 6. The summed E-state index contributed by atoms with van der Waals surface area (Å²) in [7, 11) is 0. The third-order valence-corrected chi connectivity index (χ3v) is 5.99. The van der Waals surface area contributed by atoms with Crippen molar-refractivity contribution in [3.05, 3.63) is 70.5 Å². The minimum atomic E-state index is -1.46. The molecule has 0 bridgehead atoms. The van der Waals surface area contributed by atoms with Gasteiger partial charge in [-0.05, 0) is 41.3 Å². The maximum Gasteiger partial charge on any atom is 0.312 e. The van der Waals surface area contributed by atoms with Crippen LogP contribution in [0.4, 0.5) is 4.39 Å². The number of ether oxygens (including phenoxy) is 1. The summed E-state index contributed by atoms with van der Waals surface area (Å²) in [5.74, 6) is -3.05. The molecule has 0 spiro atoms. The molecule has 0 radical (unpaired) electrons. The minimum absolute atomic E-state index is 0.0601. The van der Waals surface area contributed by atoms with Crippen LogP contribution in [-0.4, -0.2) is 11.1 Å². The standard InChI is InChI=1S/C22H18Cl2FNO3/c1-21(2)18(11-19(23)24)22(21,20(27)28)15(12-26)13-8-9-16(25)17(10-13)29-14-6-4-3-5-7-14/h3-11,15,18H,1-2H3,(H,27,28). The van der Waals surface area contributed by atoms with Crippen LogP contribution in [0.3, 0.4) is 0 Å². The number of carbonyl (C=O) groups is 1. The Balaban J connectivity index is 2.06. The molecule has 3 rings (SSSR count). The summed E-state index contributed by atoms with van der Waals surface area (Å²) in [5.41, 5.74) is -1.90. The predicted molar refractivity (Wildman–Crippen MR) is 108 cm³/mol. The third-order valence-electron chi connectivity index (χ3n) is 5.74. The van der Waals surface area contributed by atoms with Crippen LogP contribution in [0.5, 0.6) is 11.5 Å². The topological polar surface area (TPSA) is 70.3 Å². The highest BCUT2D eigenvalue weighted by Gasteiger charge is 2.78. The van der Waals surface area contributed by atoms with Crippen LogP contribution in [-0.2, 0) is 4.79 Å². The molecule has 1 saturated carbocycles. The summed E-state index contributed by atoms with van der Waals surface area (Å²) in [5, 5.41) is 20.0. The van der Waals surface area contributed by atoms with Gasteiger partial charge in [0.15, 0.2) is 11.6 Å². The van der Waals surface area contributed by atoms with Gasteiger partial charge in [0.05, 0.1) is 12.0 Å². The van der Waals surface area contributed by atoms with Gasteiger partial charge in [0.2, 0.25) is 0 Å². The summed E-state index contributed by atoms with van der Waals surface area (Å²) in [6, 6.07) is 14.7. The van der Waals surface area contributed by atoms with Crippen molar-refractivity contribution < 1.29 is 19.0 Å². The molecule has 1 N–H and O–H groups in total. The van der Waals surface area contributed by atoms with Crippen molar-refractivity contribution in [2.75, 3.05) is 0 Å². The van der Waals surface area contributed by atoms with E-state index in [0.717, 1.165) is 0 Å². The Morgan fingerprint density at radius 3 is 2.48 bits per heavy atom. The van der Waals surface area contributed by atoms with Crippen LogP contribution >= 0.6 is 23.2 Å². The molecule has 3 unspecified atom stereocenters. The monoisotopic (exact) mass is 433 g/mol. The molecule has 3 atom stereocenters. The Morgan fingerprint density at radius 1 is 1.28 bits per heavy atom. The Bertz CT molecular complexity index is 1010. The smallest absolute Gasteiger partial charge is 0.312 e. The lowest BCUT2D eigenvalue weighted by Crippen LogP contribution is -2.28. The van der Waals surface area contributed by atoms with Gasteiger partial charge in [0, 0.05) is 5.92 Å². The Morgan fingerprint density at radius 2 is 1.93 bits per heavy atom. The summed E-state index contributed by atoms with van der Waals surface area (Å²) in [4.78, 5) is 12.3. The van der Waals surface area contributed by atoms with E-state index < -0.39 is 34.5 Å². The highest BCUT2D eigenvalue weighted by molar-refractivity contribution is 6.55. The summed E-state index contributed by atoms with van der Waals surface area (Å²) in [6.07, 6.45) is 1.45. The predicted octanol–water partition coefficient (Wildman–Crippen LogP) is 6.27. The Labute approximate surface area is 178 Å². The van der Waals surface area contributed by atoms with Crippen LogP contribution in [0, 0.1) is 33.9 Å². The molecule has 0 heterocycles. The zero-order valence-corrected chi connectivity index (χ0v) is 17.2. The SMILES string of the molecule is CC1(C)C(C=C(Cl)Cl)C1(C(=O)O)C(C#N)c1ccc(F)c(Oc2ccccc2)c1. The fourth-order valence-electron chi connectivity index (χ4n) is 4.22. The lowest BCUT2D eigenvalue weighted by atomic mass is 9.78. The van der Waals surface area contributed by atoms with E-state index in [0.29, 0.717) is 11.3 Å². The Hall–Kier alpha value is -2.55. The van der Waals surface area contributed by atoms with Gasteiger partial charge in [-0.3, -0.25) is 4.79 Å². The van der Waals surface area contributed by atoms with Crippen LogP contribution < -0.4 is 4.74 Å². The molecular weight excluding hydrogens is 416 g/mol. The van der Waals surface area contributed by atoms with E-state index in [1.807, 2.05) is 0 Å². The second-order valence-electron chi connectivity index (χ2n) is 7.50. The molecule has 7 heteroatoms. The van der Waals surface area contributed by atoms with Crippen LogP contribution in [0.15, 0.2) is 59.1 Å². The molecule has 0 amide bonds. The van der Waals surface area contributed by atoms with Gasteiger partial charge in [-0.25, -0.2) is 4.39 Å². The lowest BCUT2D eigenvalue weighted by molar-refractivity contribution is -0.145. The molecule has 1 aliphatic carbocycles. The number of allylic oxidation sites excluding steroid dienone is 1. The molecule has 29 heavy (non-hydrogen) atoms. The summed E-state index contributed by atoms with van der Waals surface area (Å²) < 4.78 is 19.9. The molecule has 1 aliphatic rings. The van der Waals surface area contributed by atoms with Crippen LogP contribution in [0.2, 0.25) is 0 Å². The lowest BCUT2D eigenvalue weighted by Gasteiger charge is -2.22. The van der Waals surface area contributed by atoms with Gasteiger partial charge in [-0.15, -0.1) is 0 Å². The quantitative estimate of drug-likeness (QED) is 0.582. The van der Waals surface area contributed by atoms with Crippen molar-refractivity contribution in [1.82, 2.24) is 0 Å². The molecule has 4 nitrogen and oxygen atoms in total. The fraction of sp³-hybridized carbons (Fsp3) is 0.273. The van der Waals surface area contributed by atoms with E-state index >= 15 is 0 Å². The molecule has 0 saturated heterocycles. The number of nitrogens with zero attached hydrogens (tertiary/aromatic N) is 1. The average Bonchev–Trinajstić information content (AvgIpc) is 3.14. The van der Waals surface area contributed by atoms with Crippen molar-refractivity contribution in [2.45, 2.75) is 19.8 Å². The van der Waals surface area contributed by atoms with Crippen LogP contribution in [0.1, 0.15) is 25.3 Å². The third kappa shape index (κ3) is 3.48. The minimum Gasteiger partial charge on any atom is -0.481 e. The van der Waals surface area contributed by atoms with Crippen molar-refractivity contribution in [3.63, 3.8) is 0 Å². The average molecular weight is 434 g/mol. The van der Waals surface area contributed by atoms with Crippen molar-refractivity contribution in [1.29, 1.82) is 5.26 Å². The molecule has 1 fully saturated rings. The number of carboxylic acids is 1. The van der Waals surface area contributed by atoms with Gasteiger partial charge >= 0.3 is 5.97 Å². The van der Waals surface area contributed by atoms with Gasteiger partial charge < -0.3 is 9.84 Å². The highest BCUT2D eigenvalue weighted by atomic mass is 35.5. The second-order valence-corrected chi connectivity index (χ2v) is 8.50. The van der Waals surface area contributed by atoms with Crippen LogP contribution in [0.25, 0.3) is 0 Å². The first-order chi connectivity index (χ1) is 13.7.